The predicted octanol–water partition coefficient (Wildman–Crippen LogP) is 3.63. The van der Waals surface area contributed by atoms with Crippen molar-refractivity contribution in [3.63, 3.8) is 0 Å². The van der Waals surface area contributed by atoms with Crippen LogP contribution in [0.2, 0.25) is 0 Å². The van der Waals surface area contributed by atoms with E-state index in [9.17, 15) is 9.59 Å². The van der Waals surface area contributed by atoms with E-state index in [1.165, 1.54) is 9.13 Å². The highest BCUT2D eigenvalue weighted by Crippen LogP contribution is 2.21. The molecule has 5 rings (SSSR count). The Bertz CT molecular complexity index is 1600. The van der Waals surface area contributed by atoms with Crippen molar-refractivity contribution >= 4 is 10.9 Å². The van der Waals surface area contributed by atoms with E-state index in [0.717, 1.165) is 16.7 Å². The average molecular weight is 454 g/mol. The van der Waals surface area contributed by atoms with E-state index >= 15 is 0 Å². The van der Waals surface area contributed by atoms with Gasteiger partial charge in [0, 0.05) is 5.56 Å². The second-order valence-electron chi connectivity index (χ2n) is 8.01. The molecule has 3 aromatic carbocycles. The third-order valence-electron chi connectivity index (χ3n) is 5.68. The monoisotopic (exact) mass is 454 g/mol. The zero-order valence-electron chi connectivity index (χ0n) is 18.8. The molecule has 0 amide bonds. The summed E-state index contributed by atoms with van der Waals surface area (Å²) in [6, 6.07) is 22.1. The van der Waals surface area contributed by atoms with Crippen LogP contribution in [-0.2, 0) is 13.1 Å². The van der Waals surface area contributed by atoms with Crippen molar-refractivity contribution < 1.29 is 9.26 Å². The van der Waals surface area contributed by atoms with Crippen molar-refractivity contribution in [1.29, 1.82) is 0 Å². The molecule has 0 aliphatic rings. The molecule has 0 saturated heterocycles. The van der Waals surface area contributed by atoms with Gasteiger partial charge in [-0.05, 0) is 36.8 Å². The summed E-state index contributed by atoms with van der Waals surface area (Å²) >= 11 is 0. The van der Waals surface area contributed by atoms with Crippen molar-refractivity contribution in [2.24, 2.45) is 0 Å². The van der Waals surface area contributed by atoms with Crippen LogP contribution in [-0.4, -0.2) is 26.4 Å². The van der Waals surface area contributed by atoms with E-state index in [4.69, 9.17) is 9.26 Å². The molecule has 170 valence electrons. The molecule has 0 aliphatic carbocycles. The highest BCUT2D eigenvalue weighted by atomic mass is 16.5. The summed E-state index contributed by atoms with van der Waals surface area (Å²) in [5.41, 5.74) is 2.44. The third-order valence-corrected chi connectivity index (χ3v) is 5.68. The fourth-order valence-corrected chi connectivity index (χ4v) is 3.87. The minimum Gasteiger partial charge on any atom is -0.497 e. The Morgan fingerprint density at radius 3 is 2.50 bits per heavy atom. The summed E-state index contributed by atoms with van der Waals surface area (Å²) in [4.78, 5) is 31.1. The van der Waals surface area contributed by atoms with Gasteiger partial charge in [-0.25, -0.2) is 4.79 Å². The maximum absolute atomic E-state index is 13.5. The first-order valence-electron chi connectivity index (χ1n) is 10.8. The lowest BCUT2D eigenvalue weighted by molar-refractivity contribution is 0.369. The van der Waals surface area contributed by atoms with Crippen molar-refractivity contribution in [2.75, 3.05) is 7.11 Å². The fraction of sp³-hybridized carbons (Fsp3) is 0.154. The number of benzene rings is 3. The minimum atomic E-state index is -0.439. The van der Waals surface area contributed by atoms with E-state index in [0.29, 0.717) is 22.5 Å². The van der Waals surface area contributed by atoms with Crippen molar-refractivity contribution in [2.45, 2.75) is 20.0 Å². The van der Waals surface area contributed by atoms with Gasteiger partial charge in [0.15, 0.2) is 0 Å². The Morgan fingerprint density at radius 1 is 0.912 bits per heavy atom. The zero-order chi connectivity index (χ0) is 23.7. The van der Waals surface area contributed by atoms with Crippen LogP contribution in [0.3, 0.4) is 0 Å². The van der Waals surface area contributed by atoms with Gasteiger partial charge in [-0.15, -0.1) is 0 Å². The quantitative estimate of drug-likeness (QED) is 0.389. The summed E-state index contributed by atoms with van der Waals surface area (Å²) in [6.07, 6.45) is 0. The first kappa shape index (κ1) is 21.4. The maximum Gasteiger partial charge on any atom is 0.332 e. The lowest BCUT2D eigenvalue weighted by Gasteiger charge is -2.13. The molecule has 0 fully saturated rings. The van der Waals surface area contributed by atoms with Crippen LogP contribution in [0, 0.1) is 6.92 Å². The van der Waals surface area contributed by atoms with Gasteiger partial charge in [0.1, 0.15) is 12.3 Å². The molecule has 0 saturated carbocycles. The average Bonchev–Trinajstić information content (AvgIpc) is 3.34. The molecule has 0 bridgehead atoms. The molecule has 34 heavy (non-hydrogen) atoms. The Kier molecular flexibility index (Phi) is 5.55. The number of aromatic nitrogens is 4. The number of para-hydroxylation sites is 1. The number of methoxy groups -OCH3 is 1. The first-order valence-corrected chi connectivity index (χ1v) is 10.8. The summed E-state index contributed by atoms with van der Waals surface area (Å²) < 4.78 is 13.4. The van der Waals surface area contributed by atoms with Crippen molar-refractivity contribution in [1.82, 2.24) is 19.3 Å². The highest BCUT2D eigenvalue weighted by molar-refractivity contribution is 5.77. The second kappa shape index (κ2) is 8.82. The Balaban J connectivity index is 1.57. The number of aryl methyl sites for hydroxylation is 1. The van der Waals surface area contributed by atoms with Gasteiger partial charge in [-0.2, -0.15) is 4.98 Å². The third kappa shape index (κ3) is 4.01. The molecular formula is C26H22N4O4. The second-order valence-corrected chi connectivity index (χ2v) is 8.01. The van der Waals surface area contributed by atoms with E-state index < -0.39 is 5.69 Å². The summed E-state index contributed by atoms with van der Waals surface area (Å²) in [5.74, 6) is 1.32. The van der Waals surface area contributed by atoms with Gasteiger partial charge < -0.3 is 9.26 Å². The smallest absolute Gasteiger partial charge is 0.332 e. The zero-order valence-corrected chi connectivity index (χ0v) is 18.8. The molecule has 0 atom stereocenters. The van der Waals surface area contributed by atoms with Crippen LogP contribution in [0.15, 0.2) is 86.9 Å². The topological polar surface area (TPSA) is 92.2 Å². The molecular weight excluding hydrogens is 432 g/mol. The molecule has 2 heterocycles. The van der Waals surface area contributed by atoms with Gasteiger partial charge in [-0.1, -0.05) is 59.3 Å². The highest BCUT2D eigenvalue weighted by Gasteiger charge is 2.17. The SMILES string of the molecule is COc1cccc(-c2noc(Cn3c(=O)n(Cc4ccc(C)cc4)c(=O)c4ccccc43)n2)c1. The van der Waals surface area contributed by atoms with Crippen LogP contribution in [0.4, 0.5) is 0 Å². The summed E-state index contributed by atoms with van der Waals surface area (Å²) in [6.45, 7) is 2.19. The Hall–Kier alpha value is -4.46. The minimum absolute atomic E-state index is 0.0322. The van der Waals surface area contributed by atoms with Gasteiger partial charge in [-0.3, -0.25) is 13.9 Å². The normalized spacial score (nSPS) is 11.1. The van der Waals surface area contributed by atoms with Gasteiger partial charge in [0.2, 0.25) is 11.7 Å². The number of fused-ring (bicyclic) bond motifs is 1. The molecule has 8 nitrogen and oxygen atoms in total. The van der Waals surface area contributed by atoms with Gasteiger partial charge in [0.25, 0.3) is 5.56 Å². The molecule has 2 aromatic heterocycles. The molecule has 5 aromatic rings. The molecule has 0 spiro atoms. The van der Waals surface area contributed by atoms with Crippen LogP contribution in [0.5, 0.6) is 5.75 Å². The van der Waals surface area contributed by atoms with Crippen LogP contribution >= 0.6 is 0 Å². The van der Waals surface area contributed by atoms with E-state index in [1.54, 1.807) is 37.4 Å². The van der Waals surface area contributed by atoms with E-state index in [-0.39, 0.29) is 24.5 Å². The fourth-order valence-electron chi connectivity index (χ4n) is 3.87. The van der Waals surface area contributed by atoms with Crippen LogP contribution < -0.4 is 16.0 Å². The summed E-state index contributed by atoms with van der Waals surface area (Å²) in [5, 5.41) is 4.50. The molecule has 0 N–H and O–H groups in total. The molecule has 0 radical (unpaired) electrons. The van der Waals surface area contributed by atoms with Crippen molar-refractivity contribution in [3.8, 4) is 17.1 Å². The summed E-state index contributed by atoms with van der Waals surface area (Å²) in [7, 11) is 1.59. The molecule has 0 aliphatic heterocycles. The van der Waals surface area contributed by atoms with E-state index in [1.807, 2.05) is 49.4 Å². The standard InChI is InChI=1S/C26H22N4O4/c1-17-10-12-18(13-11-17)15-30-25(31)21-8-3-4-9-22(21)29(26(30)32)16-23-27-24(28-34-23)19-6-5-7-20(14-19)33-2/h3-14H,15-16H2,1-2H3. The number of nitrogens with zero attached hydrogens (tertiary/aromatic N) is 4. The maximum atomic E-state index is 13.5. The van der Waals surface area contributed by atoms with Crippen molar-refractivity contribution in [3.05, 3.63) is 111 Å². The largest absolute Gasteiger partial charge is 0.497 e. The van der Waals surface area contributed by atoms with Crippen LogP contribution in [0.25, 0.3) is 22.3 Å². The molecule has 8 heteroatoms. The van der Waals surface area contributed by atoms with Crippen LogP contribution in [0.1, 0.15) is 17.0 Å². The first-order chi connectivity index (χ1) is 16.5. The number of hydrogen-bond acceptors (Lipinski definition) is 6. The lowest BCUT2D eigenvalue weighted by Crippen LogP contribution is -2.40. The predicted molar refractivity (Wildman–Crippen MR) is 128 cm³/mol. The van der Waals surface area contributed by atoms with E-state index in [2.05, 4.69) is 10.1 Å². The van der Waals surface area contributed by atoms with Gasteiger partial charge >= 0.3 is 5.69 Å². The van der Waals surface area contributed by atoms with Gasteiger partial charge in [0.05, 0.1) is 24.6 Å². The Morgan fingerprint density at radius 2 is 1.71 bits per heavy atom. The molecule has 0 unspecified atom stereocenters. The number of hydrogen-bond donors (Lipinski definition) is 0. The number of ether oxygens (including phenoxy) is 1. The Labute approximate surface area is 194 Å². The lowest BCUT2D eigenvalue weighted by atomic mass is 10.1. The number of rotatable bonds is 6.